The molecule has 1 aliphatic heterocycles. The van der Waals surface area contributed by atoms with E-state index in [0.29, 0.717) is 11.7 Å². The van der Waals surface area contributed by atoms with Crippen molar-refractivity contribution in [3.63, 3.8) is 0 Å². The van der Waals surface area contributed by atoms with Gasteiger partial charge in [-0.1, -0.05) is 0 Å². The Kier molecular flexibility index (Phi) is 4.55. The predicted molar refractivity (Wildman–Crippen MR) is 102 cm³/mol. The molecule has 0 spiro atoms. The van der Waals surface area contributed by atoms with Gasteiger partial charge >= 0.3 is 6.18 Å². The van der Waals surface area contributed by atoms with Crippen molar-refractivity contribution in [3.05, 3.63) is 36.2 Å². The molecule has 0 unspecified atom stereocenters. The van der Waals surface area contributed by atoms with Gasteiger partial charge in [0.05, 0.1) is 5.69 Å². The standard InChI is InChI=1S/C20H23F3N6/c21-20(22,23)16-11-17(27-12-26-16)29(14-3-4-14)15-5-9-28(10-6-15)19-18(13-1-2-13)24-7-8-25-19/h7-8,11-15H,1-6,9-10H2. The lowest BCUT2D eigenvalue weighted by molar-refractivity contribution is -0.141. The van der Waals surface area contributed by atoms with Crippen LogP contribution in [0.15, 0.2) is 24.8 Å². The summed E-state index contributed by atoms with van der Waals surface area (Å²) in [4.78, 5) is 21.1. The third-order valence-corrected chi connectivity index (χ3v) is 5.98. The number of piperidine rings is 1. The van der Waals surface area contributed by atoms with Crippen molar-refractivity contribution in [2.45, 2.75) is 62.7 Å². The number of hydrogen-bond donors (Lipinski definition) is 0. The van der Waals surface area contributed by atoms with Gasteiger partial charge < -0.3 is 9.80 Å². The third-order valence-electron chi connectivity index (χ3n) is 5.98. The molecule has 0 N–H and O–H groups in total. The minimum atomic E-state index is -4.46. The topological polar surface area (TPSA) is 58.0 Å². The molecule has 0 atom stereocenters. The minimum Gasteiger partial charge on any atom is -0.355 e. The first-order valence-corrected chi connectivity index (χ1v) is 10.2. The van der Waals surface area contributed by atoms with Gasteiger partial charge in [0.25, 0.3) is 0 Å². The summed E-state index contributed by atoms with van der Waals surface area (Å²) in [5.74, 6) is 1.90. The monoisotopic (exact) mass is 404 g/mol. The number of anilines is 2. The van der Waals surface area contributed by atoms with Crippen molar-refractivity contribution < 1.29 is 13.2 Å². The van der Waals surface area contributed by atoms with Crippen LogP contribution >= 0.6 is 0 Å². The van der Waals surface area contributed by atoms with E-state index in [1.807, 2.05) is 0 Å². The number of hydrogen-bond acceptors (Lipinski definition) is 6. The molecule has 29 heavy (non-hydrogen) atoms. The van der Waals surface area contributed by atoms with E-state index in [2.05, 4.69) is 29.7 Å². The van der Waals surface area contributed by atoms with E-state index in [1.165, 1.54) is 12.8 Å². The summed E-state index contributed by atoms with van der Waals surface area (Å²) in [5, 5.41) is 0. The first kappa shape index (κ1) is 18.6. The summed E-state index contributed by atoms with van der Waals surface area (Å²) in [6.07, 6.45) is 6.15. The Hall–Kier alpha value is -2.45. The van der Waals surface area contributed by atoms with E-state index in [4.69, 9.17) is 0 Å². The summed E-state index contributed by atoms with van der Waals surface area (Å²) in [7, 11) is 0. The average Bonchev–Trinajstić information content (AvgIpc) is 3.62. The summed E-state index contributed by atoms with van der Waals surface area (Å²) < 4.78 is 39.3. The van der Waals surface area contributed by atoms with Crippen LogP contribution in [-0.4, -0.2) is 45.1 Å². The van der Waals surface area contributed by atoms with Crippen molar-refractivity contribution >= 4 is 11.6 Å². The van der Waals surface area contributed by atoms with E-state index in [9.17, 15) is 13.2 Å². The lowest BCUT2D eigenvalue weighted by Gasteiger charge is -2.40. The molecule has 3 fully saturated rings. The van der Waals surface area contributed by atoms with Crippen LogP contribution in [0.2, 0.25) is 0 Å². The zero-order valence-electron chi connectivity index (χ0n) is 16.0. The highest BCUT2D eigenvalue weighted by atomic mass is 19.4. The van der Waals surface area contributed by atoms with Gasteiger partial charge in [0.1, 0.15) is 17.8 Å². The number of alkyl halides is 3. The highest BCUT2D eigenvalue weighted by molar-refractivity contribution is 5.48. The number of aromatic nitrogens is 4. The van der Waals surface area contributed by atoms with Gasteiger partial charge in [-0.2, -0.15) is 13.2 Å². The highest BCUT2D eigenvalue weighted by Crippen LogP contribution is 2.43. The Balaban J connectivity index is 1.33. The number of halogens is 3. The van der Waals surface area contributed by atoms with Gasteiger partial charge in [-0.25, -0.2) is 15.0 Å². The molecule has 5 rings (SSSR count). The molecule has 0 aromatic carbocycles. The molecule has 9 heteroatoms. The highest BCUT2D eigenvalue weighted by Gasteiger charge is 2.39. The maximum atomic E-state index is 13.1. The van der Waals surface area contributed by atoms with Crippen molar-refractivity contribution in [1.82, 2.24) is 19.9 Å². The van der Waals surface area contributed by atoms with E-state index in [0.717, 1.165) is 62.7 Å². The quantitative estimate of drug-likeness (QED) is 0.756. The summed E-state index contributed by atoms with van der Waals surface area (Å²) in [6.45, 7) is 1.65. The average molecular weight is 404 g/mol. The van der Waals surface area contributed by atoms with E-state index in [1.54, 1.807) is 12.4 Å². The molecule has 2 aromatic rings. The second kappa shape index (κ2) is 7.11. The summed E-state index contributed by atoms with van der Waals surface area (Å²) in [6, 6.07) is 1.55. The van der Waals surface area contributed by atoms with Crippen LogP contribution in [0.5, 0.6) is 0 Å². The zero-order chi connectivity index (χ0) is 20.0. The van der Waals surface area contributed by atoms with Crippen molar-refractivity contribution in [3.8, 4) is 0 Å². The molecular weight excluding hydrogens is 381 g/mol. The largest absolute Gasteiger partial charge is 0.433 e. The minimum absolute atomic E-state index is 0.177. The Labute approximate surface area is 167 Å². The second-order valence-electron chi connectivity index (χ2n) is 8.16. The molecule has 3 aliphatic rings. The number of rotatable bonds is 5. The molecule has 6 nitrogen and oxygen atoms in total. The van der Waals surface area contributed by atoms with Gasteiger partial charge in [0.15, 0.2) is 5.82 Å². The fraction of sp³-hybridized carbons (Fsp3) is 0.600. The first-order chi connectivity index (χ1) is 14.0. The lowest BCUT2D eigenvalue weighted by Crippen LogP contribution is -2.47. The van der Waals surface area contributed by atoms with Crippen molar-refractivity contribution in [2.24, 2.45) is 0 Å². The molecule has 0 radical (unpaired) electrons. The summed E-state index contributed by atoms with van der Waals surface area (Å²) >= 11 is 0. The van der Waals surface area contributed by atoms with Crippen LogP contribution in [0.3, 0.4) is 0 Å². The van der Waals surface area contributed by atoms with E-state index in [-0.39, 0.29) is 12.1 Å². The first-order valence-electron chi connectivity index (χ1n) is 10.2. The SMILES string of the molecule is FC(F)(F)c1cc(N(C2CC2)C2CCN(c3nccnc3C3CC3)CC2)ncn1. The Morgan fingerprint density at radius 3 is 2.21 bits per heavy atom. The molecule has 2 aliphatic carbocycles. The van der Waals surface area contributed by atoms with Crippen LogP contribution in [0.1, 0.15) is 55.8 Å². The second-order valence-corrected chi connectivity index (χ2v) is 8.16. The predicted octanol–water partition coefficient (Wildman–Crippen LogP) is 3.80. The third kappa shape index (κ3) is 3.86. The fourth-order valence-electron chi connectivity index (χ4n) is 4.25. The Morgan fingerprint density at radius 1 is 0.862 bits per heavy atom. The van der Waals surface area contributed by atoms with E-state index >= 15 is 0 Å². The van der Waals surface area contributed by atoms with E-state index < -0.39 is 11.9 Å². The zero-order valence-corrected chi connectivity index (χ0v) is 16.0. The maximum Gasteiger partial charge on any atom is 0.433 e. The molecule has 2 saturated carbocycles. The van der Waals surface area contributed by atoms with Crippen LogP contribution in [0.4, 0.5) is 24.8 Å². The van der Waals surface area contributed by atoms with Gasteiger partial charge in [-0.15, -0.1) is 0 Å². The molecule has 154 valence electrons. The molecule has 2 aromatic heterocycles. The maximum absolute atomic E-state index is 13.1. The lowest BCUT2D eigenvalue weighted by atomic mass is 10.0. The van der Waals surface area contributed by atoms with Crippen molar-refractivity contribution in [1.29, 1.82) is 0 Å². The smallest absolute Gasteiger partial charge is 0.355 e. The van der Waals surface area contributed by atoms with Crippen LogP contribution in [0.25, 0.3) is 0 Å². The van der Waals surface area contributed by atoms with Crippen LogP contribution < -0.4 is 9.80 Å². The molecule has 0 amide bonds. The molecule has 1 saturated heterocycles. The number of nitrogens with zero attached hydrogens (tertiary/aromatic N) is 6. The summed E-state index contributed by atoms with van der Waals surface area (Å²) in [5.41, 5.74) is 0.217. The van der Waals surface area contributed by atoms with Gasteiger partial charge in [0.2, 0.25) is 0 Å². The Morgan fingerprint density at radius 2 is 1.55 bits per heavy atom. The van der Waals surface area contributed by atoms with Gasteiger partial charge in [-0.05, 0) is 38.5 Å². The van der Waals surface area contributed by atoms with Crippen LogP contribution in [0, 0.1) is 0 Å². The fourth-order valence-corrected chi connectivity index (χ4v) is 4.25. The van der Waals surface area contributed by atoms with Gasteiger partial charge in [-0.3, -0.25) is 4.98 Å². The normalized spacial score (nSPS) is 20.7. The molecular formula is C20H23F3N6. The Bertz CT molecular complexity index is 873. The van der Waals surface area contributed by atoms with Gasteiger partial charge in [0, 0.05) is 49.6 Å². The van der Waals surface area contributed by atoms with Crippen LogP contribution in [-0.2, 0) is 6.18 Å². The molecule has 3 heterocycles. The van der Waals surface area contributed by atoms with Crippen molar-refractivity contribution in [2.75, 3.05) is 22.9 Å². The molecule has 0 bridgehead atoms.